The van der Waals surface area contributed by atoms with Crippen molar-refractivity contribution in [3.63, 3.8) is 0 Å². The van der Waals surface area contributed by atoms with Gasteiger partial charge in [0, 0.05) is 24.5 Å². The summed E-state index contributed by atoms with van der Waals surface area (Å²) in [6.45, 7) is 1.62. The molecule has 0 saturated carbocycles. The van der Waals surface area contributed by atoms with Crippen molar-refractivity contribution >= 4 is 17.3 Å². The molecule has 0 aliphatic heterocycles. The SMILES string of the molecule is CC(C(=O)Nc1cc([N+](=O)[O-])ccc1O)n1cccn1. The summed E-state index contributed by atoms with van der Waals surface area (Å²) in [5.74, 6) is -0.680. The van der Waals surface area contributed by atoms with Gasteiger partial charge in [0.05, 0.1) is 10.6 Å². The van der Waals surface area contributed by atoms with Crippen molar-refractivity contribution in [3.8, 4) is 5.75 Å². The molecule has 0 bridgehead atoms. The quantitative estimate of drug-likeness (QED) is 0.501. The van der Waals surface area contributed by atoms with Gasteiger partial charge in [0.1, 0.15) is 11.8 Å². The van der Waals surface area contributed by atoms with Gasteiger partial charge in [0.2, 0.25) is 5.91 Å². The number of hydrogen-bond donors (Lipinski definition) is 2. The first-order valence-electron chi connectivity index (χ1n) is 5.76. The third-order valence-electron chi connectivity index (χ3n) is 2.75. The second-order valence-corrected chi connectivity index (χ2v) is 4.11. The van der Waals surface area contributed by atoms with Crippen LogP contribution in [0.4, 0.5) is 11.4 Å². The van der Waals surface area contributed by atoms with E-state index in [4.69, 9.17) is 0 Å². The van der Waals surface area contributed by atoms with E-state index in [-0.39, 0.29) is 17.1 Å². The molecule has 8 nitrogen and oxygen atoms in total. The number of aromatic hydroxyl groups is 1. The van der Waals surface area contributed by atoms with Gasteiger partial charge < -0.3 is 10.4 Å². The maximum Gasteiger partial charge on any atom is 0.271 e. The summed E-state index contributed by atoms with van der Waals surface area (Å²) < 4.78 is 1.43. The van der Waals surface area contributed by atoms with E-state index in [0.29, 0.717) is 0 Å². The number of nitrogens with zero attached hydrogens (tertiary/aromatic N) is 3. The summed E-state index contributed by atoms with van der Waals surface area (Å²) in [4.78, 5) is 22.1. The molecule has 20 heavy (non-hydrogen) atoms. The maximum atomic E-state index is 12.0. The molecule has 1 amide bonds. The topological polar surface area (TPSA) is 110 Å². The highest BCUT2D eigenvalue weighted by atomic mass is 16.6. The van der Waals surface area contributed by atoms with E-state index in [1.165, 1.54) is 10.9 Å². The molecule has 0 radical (unpaired) electrons. The van der Waals surface area contributed by atoms with Crippen LogP contribution >= 0.6 is 0 Å². The van der Waals surface area contributed by atoms with Crippen molar-refractivity contribution in [1.29, 1.82) is 0 Å². The number of phenolic OH excluding ortho intramolecular Hbond substituents is 1. The monoisotopic (exact) mass is 276 g/mol. The Bertz CT molecular complexity index is 639. The van der Waals surface area contributed by atoms with Crippen LogP contribution in [0.3, 0.4) is 0 Å². The molecule has 0 fully saturated rings. The van der Waals surface area contributed by atoms with Crippen LogP contribution in [-0.2, 0) is 4.79 Å². The number of rotatable bonds is 4. The number of nitro benzene ring substituents is 1. The van der Waals surface area contributed by atoms with Crippen LogP contribution in [0, 0.1) is 10.1 Å². The Labute approximate surface area is 113 Å². The molecule has 2 rings (SSSR count). The second-order valence-electron chi connectivity index (χ2n) is 4.11. The normalized spacial score (nSPS) is 11.8. The number of aromatic nitrogens is 2. The number of nitro groups is 1. The van der Waals surface area contributed by atoms with Gasteiger partial charge >= 0.3 is 0 Å². The van der Waals surface area contributed by atoms with E-state index in [2.05, 4.69) is 10.4 Å². The first-order valence-corrected chi connectivity index (χ1v) is 5.76. The third-order valence-corrected chi connectivity index (χ3v) is 2.75. The van der Waals surface area contributed by atoms with Crippen molar-refractivity contribution in [3.05, 3.63) is 46.8 Å². The summed E-state index contributed by atoms with van der Waals surface area (Å²) >= 11 is 0. The number of anilines is 1. The van der Waals surface area contributed by atoms with Gasteiger partial charge in [-0.2, -0.15) is 5.10 Å². The number of nitrogens with one attached hydrogen (secondary N) is 1. The van der Waals surface area contributed by atoms with Crippen LogP contribution in [0.1, 0.15) is 13.0 Å². The molecule has 1 heterocycles. The molecule has 1 aromatic heterocycles. The molecule has 2 aromatic rings. The fraction of sp³-hybridized carbons (Fsp3) is 0.167. The molecular formula is C12H12N4O4. The number of phenols is 1. The van der Waals surface area contributed by atoms with Crippen molar-refractivity contribution in [2.75, 3.05) is 5.32 Å². The summed E-state index contributed by atoms with van der Waals surface area (Å²) in [5.41, 5.74) is -0.229. The van der Waals surface area contributed by atoms with E-state index < -0.39 is 16.9 Å². The van der Waals surface area contributed by atoms with E-state index in [1.807, 2.05) is 0 Å². The number of carbonyl (C=O) groups excluding carboxylic acids is 1. The second kappa shape index (κ2) is 5.39. The zero-order chi connectivity index (χ0) is 14.7. The smallest absolute Gasteiger partial charge is 0.271 e. The number of hydrogen-bond acceptors (Lipinski definition) is 5. The van der Waals surface area contributed by atoms with Crippen LogP contribution in [0.25, 0.3) is 0 Å². The molecule has 1 aromatic carbocycles. The molecule has 0 aliphatic rings. The van der Waals surface area contributed by atoms with Gasteiger partial charge in [0.15, 0.2) is 0 Å². The third kappa shape index (κ3) is 2.74. The van der Waals surface area contributed by atoms with Gasteiger partial charge in [-0.15, -0.1) is 0 Å². The Morgan fingerprint density at radius 2 is 2.30 bits per heavy atom. The zero-order valence-corrected chi connectivity index (χ0v) is 10.6. The molecule has 0 spiro atoms. The van der Waals surface area contributed by atoms with Crippen molar-refractivity contribution < 1.29 is 14.8 Å². The highest BCUT2D eigenvalue weighted by Crippen LogP contribution is 2.28. The Hall–Kier alpha value is -2.90. The zero-order valence-electron chi connectivity index (χ0n) is 10.6. The lowest BCUT2D eigenvalue weighted by molar-refractivity contribution is -0.384. The minimum atomic E-state index is -0.608. The summed E-state index contributed by atoms with van der Waals surface area (Å²) in [6.07, 6.45) is 3.16. The van der Waals surface area contributed by atoms with Gasteiger partial charge in [-0.25, -0.2) is 0 Å². The average Bonchev–Trinajstić information content (AvgIpc) is 2.94. The fourth-order valence-electron chi connectivity index (χ4n) is 1.60. The largest absolute Gasteiger partial charge is 0.506 e. The summed E-state index contributed by atoms with van der Waals surface area (Å²) in [7, 11) is 0. The van der Waals surface area contributed by atoms with E-state index >= 15 is 0 Å². The molecular weight excluding hydrogens is 264 g/mol. The number of carbonyl (C=O) groups is 1. The van der Waals surface area contributed by atoms with Gasteiger partial charge in [-0.1, -0.05) is 0 Å². The molecule has 0 aliphatic carbocycles. The number of amides is 1. The van der Waals surface area contributed by atoms with Crippen LogP contribution in [-0.4, -0.2) is 25.7 Å². The van der Waals surface area contributed by atoms with E-state index in [0.717, 1.165) is 18.2 Å². The van der Waals surface area contributed by atoms with Crippen molar-refractivity contribution in [1.82, 2.24) is 9.78 Å². The van der Waals surface area contributed by atoms with Crippen LogP contribution in [0.15, 0.2) is 36.7 Å². The van der Waals surface area contributed by atoms with Crippen LogP contribution in [0.5, 0.6) is 5.75 Å². The number of benzene rings is 1. The Kier molecular flexibility index (Phi) is 3.65. The van der Waals surface area contributed by atoms with Crippen LogP contribution in [0.2, 0.25) is 0 Å². The minimum absolute atomic E-state index is 0.0109. The summed E-state index contributed by atoms with van der Waals surface area (Å²) in [5, 5.41) is 26.7. The molecule has 1 atom stereocenters. The predicted molar refractivity (Wildman–Crippen MR) is 70.3 cm³/mol. The molecule has 104 valence electrons. The van der Waals surface area contributed by atoms with Gasteiger partial charge in [0.25, 0.3) is 5.69 Å². The average molecular weight is 276 g/mol. The van der Waals surface area contributed by atoms with Crippen LogP contribution < -0.4 is 5.32 Å². The Morgan fingerprint density at radius 1 is 1.55 bits per heavy atom. The van der Waals surface area contributed by atoms with Crippen molar-refractivity contribution in [2.45, 2.75) is 13.0 Å². The molecule has 0 saturated heterocycles. The molecule has 1 unspecified atom stereocenters. The highest BCUT2D eigenvalue weighted by molar-refractivity contribution is 5.95. The minimum Gasteiger partial charge on any atom is -0.506 e. The van der Waals surface area contributed by atoms with Crippen molar-refractivity contribution in [2.24, 2.45) is 0 Å². The summed E-state index contributed by atoms with van der Waals surface area (Å²) in [6, 6.07) is 4.48. The number of non-ortho nitro benzene ring substituents is 1. The lowest BCUT2D eigenvalue weighted by Gasteiger charge is -2.13. The Balaban J connectivity index is 2.19. The lowest BCUT2D eigenvalue weighted by Crippen LogP contribution is -2.24. The fourth-order valence-corrected chi connectivity index (χ4v) is 1.60. The predicted octanol–water partition coefficient (Wildman–Crippen LogP) is 1.70. The maximum absolute atomic E-state index is 12.0. The Morgan fingerprint density at radius 3 is 2.90 bits per heavy atom. The molecule has 2 N–H and O–H groups in total. The van der Waals surface area contributed by atoms with Gasteiger partial charge in [-0.05, 0) is 19.1 Å². The lowest BCUT2D eigenvalue weighted by atomic mass is 10.2. The van der Waals surface area contributed by atoms with E-state index in [9.17, 15) is 20.0 Å². The standard InChI is InChI=1S/C12H12N4O4/c1-8(15-6-2-5-13-15)12(18)14-10-7-9(16(19)20)3-4-11(10)17/h2-8,17H,1H3,(H,14,18). The first kappa shape index (κ1) is 13.5. The highest BCUT2D eigenvalue weighted by Gasteiger charge is 2.18. The first-order chi connectivity index (χ1) is 9.49. The van der Waals surface area contributed by atoms with Gasteiger partial charge in [-0.3, -0.25) is 19.6 Å². The molecule has 8 heteroatoms. The van der Waals surface area contributed by atoms with E-state index in [1.54, 1.807) is 19.2 Å².